The van der Waals surface area contributed by atoms with Crippen LogP contribution < -0.4 is 14.9 Å². The first-order chi connectivity index (χ1) is 15.5. The number of nitrogens with zero attached hydrogens (tertiary/aromatic N) is 1. The minimum Gasteiger partial charge on any atom is -0.494 e. The number of nitrogens with one attached hydrogen (secondary N) is 1. The molecule has 0 heterocycles. The first-order valence-corrected chi connectivity index (χ1v) is 10.6. The highest BCUT2D eigenvalue weighted by atomic mass is 79.9. The predicted molar refractivity (Wildman–Crippen MR) is 123 cm³/mol. The molecule has 0 aromatic heterocycles. The summed E-state index contributed by atoms with van der Waals surface area (Å²) in [7, 11) is 0. The summed E-state index contributed by atoms with van der Waals surface area (Å²) in [5, 5.41) is 3.92. The van der Waals surface area contributed by atoms with Crippen molar-refractivity contribution < 1.29 is 23.5 Å². The van der Waals surface area contributed by atoms with Crippen LogP contribution >= 0.6 is 15.9 Å². The van der Waals surface area contributed by atoms with E-state index in [2.05, 4.69) is 26.5 Å². The summed E-state index contributed by atoms with van der Waals surface area (Å²) in [6.07, 6.45) is 2.25. The molecule has 3 rings (SSSR count). The van der Waals surface area contributed by atoms with Crippen LogP contribution in [0.25, 0.3) is 0 Å². The van der Waals surface area contributed by atoms with Crippen LogP contribution in [0.15, 0.2) is 76.3 Å². The number of carbonyl (C=O) groups excluding carboxylic acids is 2. The third-order valence-corrected chi connectivity index (χ3v) is 4.71. The summed E-state index contributed by atoms with van der Waals surface area (Å²) < 4.78 is 24.8. The number of carbonyl (C=O) groups is 2. The fraction of sp³-hybridized carbons (Fsp3) is 0.125. The van der Waals surface area contributed by atoms with Crippen LogP contribution in [0.1, 0.15) is 39.6 Å². The molecular formula is C24H20BrFN2O4. The van der Waals surface area contributed by atoms with Gasteiger partial charge in [-0.05, 0) is 73.2 Å². The molecule has 0 saturated heterocycles. The first kappa shape index (κ1) is 23.1. The Morgan fingerprint density at radius 3 is 2.41 bits per heavy atom. The molecule has 0 radical (unpaired) electrons. The molecule has 1 amide bonds. The Labute approximate surface area is 193 Å². The number of hydrogen-bond donors (Lipinski definition) is 1. The van der Waals surface area contributed by atoms with Crippen molar-refractivity contribution in [3.8, 4) is 11.5 Å². The maximum Gasteiger partial charge on any atom is 0.343 e. The molecular weight excluding hydrogens is 479 g/mol. The summed E-state index contributed by atoms with van der Waals surface area (Å²) in [5.74, 6) is -0.533. The van der Waals surface area contributed by atoms with Gasteiger partial charge in [-0.25, -0.2) is 14.6 Å². The molecule has 8 heteroatoms. The Morgan fingerprint density at radius 2 is 1.72 bits per heavy atom. The summed E-state index contributed by atoms with van der Waals surface area (Å²) in [4.78, 5) is 24.7. The van der Waals surface area contributed by atoms with E-state index in [9.17, 15) is 14.0 Å². The van der Waals surface area contributed by atoms with Gasteiger partial charge in [0.25, 0.3) is 5.91 Å². The van der Waals surface area contributed by atoms with E-state index in [4.69, 9.17) is 9.47 Å². The lowest BCUT2D eigenvalue weighted by atomic mass is 10.2. The fourth-order valence-electron chi connectivity index (χ4n) is 2.61. The molecule has 0 spiro atoms. The molecule has 0 aliphatic rings. The maximum absolute atomic E-state index is 13.0. The van der Waals surface area contributed by atoms with Crippen molar-refractivity contribution in [3.63, 3.8) is 0 Å². The molecule has 0 bridgehead atoms. The van der Waals surface area contributed by atoms with Crippen LogP contribution in [0, 0.1) is 5.82 Å². The predicted octanol–water partition coefficient (Wildman–Crippen LogP) is 5.36. The smallest absolute Gasteiger partial charge is 0.343 e. The van der Waals surface area contributed by atoms with Gasteiger partial charge in [-0.2, -0.15) is 5.10 Å². The van der Waals surface area contributed by atoms with Crippen molar-refractivity contribution in [3.05, 3.63) is 93.7 Å². The van der Waals surface area contributed by atoms with Gasteiger partial charge in [-0.15, -0.1) is 0 Å². The van der Waals surface area contributed by atoms with Gasteiger partial charge < -0.3 is 9.47 Å². The first-order valence-electron chi connectivity index (χ1n) is 9.80. The van der Waals surface area contributed by atoms with Crippen LogP contribution in [-0.4, -0.2) is 24.7 Å². The third kappa shape index (κ3) is 6.49. The van der Waals surface area contributed by atoms with E-state index < -0.39 is 17.7 Å². The molecule has 32 heavy (non-hydrogen) atoms. The monoisotopic (exact) mass is 498 g/mol. The molecule has 0 saturated carbocycles. The van der Waals surface area contributed by atoms with Crippen molar-refractivity contribution in [1.29, 1.82) is 0 Å². The molecule has 0 unspecified atom stereocenters. The Balaban J connectivity index is 1.69. The van der Waals surface area contributed by atoms with Crippen LogP contribution in [0.4, 0.5) is 4.39 Å². The van der Waals surface area contributed by atoms with E-state index in [-0.39, 0.29) is 11.3 Å². The number of benzene rings is 3. The molecule has 3 aromatic carbocycles. The van der Waals surface area contributed by atoms with E-state index in [1.807, 2.05) is 6.92 Å². The van der Waals surface area contributed by atoms with Crippen molar-refractivity contribution in [2.45, 2.75) is 13.3 Å². The highest BCUT2D eigenvalue weighted by Gasteiger charge is 2.12. The number of hydrogen-bond acceptors (Lipinski definition) is 5. The molecule has 0 fully saturated rings. The normalized spacial score (nSPS) is 10.7. The fourth-order valence-corrected chi connectivity index (χ4v) is 2.98. The number of halogens is 2. The second kappa shape index (κ2) is 11.2. The number of esters is 1. The molecule has 164 valence electrons. The minimum atomic E-state index is -0.542. The van der Waals surface area contributed by atoms with Gasteiger partial charge in [-0.3, -0.25) is 4.79 Å². The van der Waals surface area contributed by atoms with Crippen LogP contribution in [0.5, 0.6) is 11.5 Å². The maximum atomic E-state index is 13.0. The standard InChI is InChI=1S/C24H20BrFN2O4/c1-2-13-31-21-10-5-17(6-11-21)24(30)32-22-12-7-19(25)14-18(22)15-27-28-23(29)16-3-8-20(26)9-4-16/h3-12,14-15H,2,13H2,1H3,(H,28,29)/b27-15+. The van der Waals surface area contributed by atoms with E-state index in [1.54, 1.807) is 42.5 Å². The lowest BCUT2D eigenvalue weighted by Crippen LogP contribution is -2.17. The van der Waals surface area contributed by atoms with Gasteiger partial charge in [0.15, 0.2) is 0 Å². The zero-order valence-electron chi connectivity index (χ0n) is 17.2. The molecule has 6 nitrogen and oxygen atoms in total. The van der Waals surface area contributed by atoms with Gasteiger partial charge in [-0.1, -0.05) is 22.9 Å². The molecule has 0 aliphatic heterocycles. The van der Waals surface area contributed by atoms with Crippen molar-refractivity contribution >= 4 is 34.0 Å². The average Bonchev–Trinajstić information content (AvgIpc) is 2.80. The quantitative estimate of drug-likeness (QED) is 0.196. The van der Waals surface area contributed by atoms with E-state index in [0.29, 0.717) is 23.5 Å². The summed E-state index contributed by atoms with van der Waals surface area (Å²) >= 11 is 3.36. The van der Waals surface area contributed by atoms with Gasteiger partial charge in [0.05, 0.1) is 18.4 Å². The SMILES string of the molecule is CCCOc1ccc(C(=O)Oc2ccc(Br)cc2/C=N/NC(=O)c2ccc(F)cc2)cc1. The Morgan fingerprint density at radius 1 is 1.03 bits per heavy atom. The molecule has 1 N–H and O–H groups in total. The molecule has 0 aliphatic carbocycles. The Hall–Kier alpha value is -3.52. The van der Waals surface area contributed by atoms with E-state index in [0.717, 1.165) is 10.9 Å². The lowest BCUT2D eigenvalue weighted by Gasteiger charge is -2.09. The van der Waals surface area contributed by atoms with Crippen LogP contribution in [-0.2, 0) is 0 Å². The molecule has 3 aromatic rings. The second-order valence-electron chi connectivity index (χ2n) is 6.65. The largest absolute Gasteiger partial charge is 0.494 e. The van der Waals surface area contributed by atoms with Crippen molar-refractivity contribution in [1.82, 2.24) is 5.43 Å². The summed E-state index contributed by atoms with van der Waals surface area (Å²) in [6.45, 7) is 2.61. The highest BCUT2D eigenvalue weighted by molar-refractivity contribution is 9.10. The topological polar surface area (TPSA) is 77.0 Å². The van der Waals surface area contributed by atoms with E-state index >= 15 is 0 Å². The number of ether oxygens (including phenoxy) is 2. The summed E-state index contributed by atoms with van der Waals surface area (Å²) in [5.41, 5.74) is 3.45. The Bertz CT molecular complexity index is 1120. The number of hydrazone groups is 1. The number of amides is 1. The zero-order chi connectivity index (χ0) is 22.9. The zero-order valence-corrected chi connectivity index (χ0v) is 18.8. The average molecular weight is 499 g/mol. The van der Waals surface area contributed by atoms with Crippen molar-refractivity contribution in [2.24, 2.45) is 5.10 Å². The highest BCUT2D eigenvalue weighted by Crippen LogP contribution is 2.23. The summed E-state index contributed by atoms with van der Waals surface area (Å²) in [6, 6.07) is 16.8. The van der Waals surface area contributed by atoms with Gasteiger partial charge >= 0.3 is 5.97 Å². The van der Waals surface area contributed by atoms with Gasteiger partial charge in [0, 0.05) is 15.6 Å². The minimum absolute atomic E-state index is 0.260. The van der Waals surface area contributed by atoms with Crippen molar-refractivity contribution in [2.75, 3.05) is 6.61 Å². The van der Waals surface area contributed by atoms with Gasteiger partial charge in [0.2, 0.25) is 0 Å². The third-order valence-electron chi connectivity index (χ3n) is 4.21. The number of rotatable bonds is 8. The second-order valence-corrected chi connectivity index (χ2v) is 7.57. The van der Waals surface area contributed by atoms with E-state index in [1.165, 1.54) is 30.5 Å². The van der Waals surface area contributed by atoms with Crippen LogP contribution in [0.3, 0.4) is 0 Å². The lowest BCUT2D eigenvalue weighted by molar-refractivity contribution is 0.0734. The van der Waals surface area contributed by atoms with Gasteiger partial charge in [0.1, 0.15) is 17.3 Å². The molecule has 0 atom stereocenters. The Kier molecular flexibility index (Phi) is 8.10. The van der Waals surface area contributed by atoms with Crippen LogP contribution in [0.2, 0.25) is 0 Å².